The summed E-state index contributed by atoms with van der Waals surface area (Å²) in [5.74, 6) is -0.945. The molecule has 2 aromatic rings. The van der Waals surface area contributed by atoms with E-state index in [9.17, 15) is 14.5 Å². The zero-order valence-electron chi connectivity index (χ0n) is 7.91. The largest absolute Gasteiger partial charge is 0.355 e. The Labute approximate surface area is 89.0 Å². The number of nitro groups is 1. The summed E-state index contributed by atoms with van der Waals surface area (Å²) in [6, 6.07) is 4.72. The molecule has 0 bridgehead atoms. The molecule has 0 N–H and O–H groups in total. The molecule has 1 aromatic carbocycles. The number of hydrogen-bond acceptors (Lipinski definition) is 4. The molecule has 2 rings (SSSR count). The molecule has 1 heterocycles. The Bertz CT molecular complexity index is 513. The van der Waals surface area contributed by atoms with Crippen molar-refractivity contribution in [2.75, 3.05) is 0 Å². The lowest BCUT2D eigenvalue weighted by atomic mass is 10.3. The van der Waals surface area contributed by atoms with Crippen molar-refractivity contribution < 1.29 is 14.2 Å². The standard InChI is InChI=1S/C9H6FN3O3/c10-8-6-7(13(14)15)2-3-9(8)16-12-5-1-4-11-12/h1-6H. The smallest absolute Gasteiger partial charge is 0.272 e. The zero-order chi connectivity index (χ0) is 11.5. The van der Waals surface area contributed by atoms with Gasteiger partial charge in [-0.3, -0.25) is 10.1 Å². The van der Waals surface area contributed by atoms with Gasteiger partial charge in [0.25, 0.3) is 5.69 Å². The van der Waals surface area contributed by atoms with Gasteiger partial charge in [0, 0.05) is 6.07 Å². The Hall–Kier alpha value is -2.44. The van der Waals surface area contributed by atoms with Crippen LogP contribution >= 0.6 is 0 Å². The molecule has 6 nitrogen and oxygen atoms in total. The van der Waals surface area contributed by atoms with Gasteiger partial charge in [-0.15, -0.1) is 9.94 Å². The monoisotopic (exact) mass is 223 g/mol. The highest BCUT2D eigenvalue weighted by molar-refractivity contribution is 5.37. The number of benzene rings is 1. The van der Waals surface area contributed by atoms with E-state index in [0.29, 0.717) is 0 Å². The summed E-state index contributed by atoms with van der Waals surface area (Å²) in [5.41, 5.74) is -0.328. The molecule has 16 heavy (non-hydrogen) atoms. The van der Waals surface area contributed by atoms with Crippen LogP contribution in [0.5, 0.6) is 5.75 Å². The predicted octanol–water partition coefficient (Wildman–Crippen LogP) is 1.77. The van der Waals surface area contributed by atoms with E-state index < -0.39 is 10.7 Å². The summed E-state index contributed by atoms with van der Waals surface area (Å²) in [5, 5.41) is 14.1. The number of halogens is 1. The predicted molar refractivity (Wildman–Crippen MR) is 51.3 cm³/mol. The summed E-state index contributed by atoms with van der Waals surface area (Å²) in [6.45, 7) is 0. The molecule has 0 saturated carbocycles. The number of rotatable bonds is 3. The van der Waals surface area contributed by atoms with Crippen molar-refractivity contribution in [1.29, 1.82) is 0 Å². The van der Waals surface area contributed by atoms with Crippen LogP contribution in [0, 0.1) is 15.9 Å². The first-order valence-corrected chi connectivity index (χ1v) is 4.29. The molecular weight excluding hydrogens is 217 g/mol. The molecule has 0 unspecified atom stereocenters. The van der Waals surface area contributed by atoms with Crippen LogP contribution < -0.4 is 4.84 Å². The van der Waals surface area contributed by atoms with E-state index in [1.165, 1.54) is 18.5 Å². The maximum absolute atomic E-state index is 13.3. The van der Waals surface area contributed by atoms with Gasteiger partial charge in [-0.25, -0.2) is 4.39 Å². The second-order valence-corrected chi connectivity index (χ2v) is 2.87. The molecule has 82 valence electrons. The number of aromatic nitrogens is 2. The van der Waals surface area contributed by atoms with Gasteiger partial charge in [-0.05, 0) is 12.1 Å². The van der Waals surface area contributed by atoms with Crippen molar-refractivity contribution >= 4 is 5.69 Å². The highest BCUT2D eigenvalue weighted by Gasteiger charge is 2.12. The molecule has 0 atom stereocenters. The highest BCUT2D eigenvalue weighted by Crippen LogP contribution is 2.22. The molecule has 1 aromatic heterocycles. The fourth-order valence-corrected chi connectivity index (χ4v) is 1.09. The van der Waals surface area contributed by atoms with Gasteiger partial charge in [0.1, 0.15) is 0 Å². The van der Waals surface area contributed by atoms with Crippen LogP contribution in [0.15, 0.2) is 36.7 Å². The normalized spacial score (nSPS) is 10.1. The summed E-state index contributed by atoms with van der Waals surface area (Å²) >= 11 is 0. The quantitative estimate of drug-likeness (QED) is 0.587. The lowest BCUT2D eigenvalue weighted by molar-refractivity contribution is -0.385. The van der Waals surface area contributed by atoms with Crippen molar-refractivity contribution in [2.45, 2.75) is 0 Å². The minimum atomic E-state index is -0.815. The summed E-state index contributed by atoms with van der Waals surface area (Å²) in [6.07, 6.45) is 2.93. The SMILES string of the molecule is O=[N+]([O-])c1ccc(On2cccn2)c(F)c1. The van der Waals surface area contributed by atoms with Crippen LogP contribution in [0.4, 0.5) is 10.1 Å². The Morgan fingerprint density at radius 3 is 2.88 bits per heavy atom. The zero-order valence-corrected chi connectivity index (χ0v) is 7.91. The summed E-state index contributed by atoms with van der Waals surface area (Å²) in [4.78, 5) is 15.7. The van der Waals surface area contributed by atoms with Crippen molar-refractivity contribution in [1.82, 2.24) is 9.94 Å². The Morgan fingerprint density at radius 2 is 2.31 bits per heavy atom. The molecule has 0 amide bonds. The van der Waals surface area contributed by atoms with E-state index in [0.717, 1.165) is 17.0 Å². The van der Waals surface area contributed by atoms with Crippen LogP contribution in [0.2, 0.25) is 0 Å². The Morgan fingerprint density at radius 1 is 1.50 bits per heavy atom. The van der Waals surface area contributed by atoms with E-state index in [4.69, 9.17) is 4.84 Å². The molecule has 0 aliphatic heterocycles. The van der Waals surface area contributed by atoms with Gasteiger partial charge >= 0.3 is 0 Å². The van der Waals surface area contributed by atoms with Crippen molar-refractivity contribution in [2.24, 2.45) is 0 Å². The van der Waals surface area contributed by atoms with Gasteiger partial charge < -0.3 is 4.84 Å². The van der Waals surface area contributed by atoms with Crippen LogP contribution in [0.3, 0.4) is 0 Å². The molecular formula is C9H6FN3O3. The highest BCUT2D eigenvalue weighted by atomic mass is 19.1. The lowest BCUT2D eigenvalue weighted by Crippen LogP contribution is -2.06. The molecule has 0 spiro atoms. The topological polar surface area (TPSA) is 70.2 Å². The number of nitro benzene ring substituents is 1. The fourth-order valence-electron chi connectivity index (χ4n) is 1.09. The minimum absolute atomic E-state index is 0.130. The third-order valence-corrected chi connectivity index (χ3v) is 1.80. The van der Waals surface area contributed by atoms with E-state index in [1.54, 1.807) is 6.07 Å². The second-order valence-electron chi connectivity index (χ2n) is 2.87. The Balaban J connectivity index is 2.26. The number of nitrogens with zero attached hydrogens (tertiary/aromatic N) is 3. The number of non-ortho nitro benzene ring substituents is 1. The third kappa shape index (κ3) is 1.97. The van der Waals surface area contributed by atoms with E-state index in [2.05, 4.69) is 5.10 Å². The van der Waals surface area contributed by atoms with E-state index in [-0.39, 0.29) is 11.4 Å². The summed E-state index contributed by atoms with van der Waals surface area (Å²) < 4.78 is 13.3. The van der Waals surface area contributed by atoms with Gasteiger partial charge in [0.05, 0.1) is 23.4 Å². The molecule has 7 heteroatoms. The fraction of sp³-hybridized carbons (Fsp3) is 0. The minimum Gasteiger partial charge on any atom is -0.355 e. The second kappa shape index (κ2) is 3.97. The average molecular weight is 223 g/mol. The van der Waals surface area contributed by atoms with Gasteiger partial charge in [0.2, 0.25) is 0 Å². The Kier molecular flexibility index (Phi) is 2.50. The van der Waals surface area contributed by atoms with Gasteiger partial charge in [-0.1, -0.05) is 0 Å². The molecule has 0 aliphatic carbocycles. The van der Waals surface area contributed by atoms with Gasteiger partial charge in [0.15, 0.2) is 11.6 Å². The van der Waals surface area contributed by atoms with Crippen LogP contribution in [-0.4, -0.2) is 14.9 Å². The van der Waals surface area contributed by atoms with Crippen molar-refractivity contribution in [3.63, 3.8) is 0 Å². The molecule has 0 aliphatic rings. The maximum Gasteiger partial charge on any atom is 0.272 e. The third-order valence-electron chi connectivity index (χ3n) is 1.80. The first kappa shape index (κ1) is 10.1. The van der Waals surface area contributed by atoms with Crippen LogP contribution in [0.1, 0.15) is 0 Å². The molecule has 0 fully saturated rings. The van der Waals surface area contributed by atoms with Crippen molar-refractivity contribution in [3.8, 4) is 5.75 Å². The lowest BCUT2D eigenvalue weighted by Gasteiger charge is -2.04. The summed E-state index contributed by atoms with van der Waals surface area (Å²) in [7, 11) is 0. The average Bonchev–Trinajstić information content (AvgIpc) is 2.73. The molecule has 0 radical (unpaired) electrons. The first-order chi connectivity index (χ1) is 7.66. The van der Waals surface area contributed by atoms with Gasteiger partial charge in [-0.2, -0.15) is 0 Å². The maximum atomic E-state index is 13.3. The van der Waals surface area contributed by atoms with Crippen molar-refractivity contribution in [3.05, 3.63) is 52.6 Å². The molecule has 0 saturated heterocycles. The van der Waals surface area contributed by atoms with Crippen LogP contribution in [0.25, 0.3) is 0 Å². The number of hydrogen-bond donors (Lipinski definition) is 0. The van der Waals surface area contributed by atoms with Crippen LogP contribution in [-0.2, 0) is 0 Å². The van der Waals surface area contributed by atoms with E-state index >= 15 is 0 Å². The first-order valence-electron chi connectivity index (χ1n) is 4.29. The van der Waals surface area contributed by atoms with E-state index in [1.807, 2.05) is 0 Å².